The van der Waals surface area contributed by atoms with E-state index in [-0.39, 0.29) is 5.43 Å². The molecular weight excluding hydrogens is 478 g/mol. The van der Waals surface area contributed by atoms with Crippen LogP contribution < -0.4 is 10.2 Å². The molecule has 2 aromatic carbocycles. The first kappa shape index (κ1) is 19.9. The van der Waals surface area contributed by atoms with Crippen LogP contribution in [0.15, 0.2) is 94.8 Å². The highest BCUT2D eigenvalue weighted by Crippen LogP contribution is 2.35. The number of rotatable bonds is 5. The molecule has 0 fully saturated rings. The topological polar surface area (TPSA) is 56.5 Å². The predicted molar refractivity (Wildman–Crippen MR) is 133 cm³/mol. The molecule has 0 unspecified atom stereocenters. The van der Waals surface area contributed by atoms with E-state index in [0.717, 1.165) is 43.0 Å². The van der Waals surface area contributed by atoms with Gasteiger partial charge in [-0.05, 0) is 42.0 Å². The number of benzene rings is 2. The van der Waals surface area contributed by atoms with E-state index in [9.17, 15) is 4.79 Å². The Labute approximate surface area is 197 Å². The van der Waals surface area contributed by atoms with Gasteiger partial charge >= 0.3 is 0 Å². The predicted octanol–water partition coefficient (Wildman–Crippen LogP) is 5.77. The third kappa shape index (κ3) is 3.52. The number of hydrogen-bond donors (Lipinski definition) is 0. The van der Waals surface area contributed by atoms with Crippen LogP contribution in [0.2, 0.25) is 0 Å². The summed E-state index contributed by atoms with van der Waals surface area (Å²) in [7, 11) is 0. The van der Waals surface area contributed by atoms with Crippen molar-refractivity contribution in [2.75, 3.05) is 0 Å². The van der Waals surface area contributed by atoms with Crippen LogP contribution in [0, 0.1) is 0 Å². The lowest BCUT2D eigenvalue weighted by Crippen LogP contribution is -2.12. The number of nitrogens with zero attached hydrogens (tertiary/aromatic N) is 3. The lowest BCUT2D eigenvalue weighted by atomic mass is 10.0. The molecule has 160 valence electrons. The lowest BCUT2D eigenvalue weighted by Gasteiger charge is -2.10. The Morgan fingerprint density at radius 2 is 1.64 bits per heavy atom. The Hall–Kier alpha value is -3.77. The number of pyridine rings is 3. The second-order valence-electron chi connectivity index (χ2n) is 8.07. The molecule has 0 amide bonds. The molecule has 0 spiro atoms. The molecule has 4 aromatic heterocycles. The van der Waals surface area contributed by atoms with Crippen molar-refractivity contribution in [3.8, 4) is 5.75 Å². The summed E-state index contributed by atoms with van der Waals surface area (Å²) >= 11 is 3.60. The van der Waals surface area contributed by atoms with Crippen LogP contribution in [0.25, 0.3) is 27.2 Å². The third-order valence-corrected chi connectivity index (χ3v) is 6.39. The molecule has 5 nitrogen and oxygen atoms in total. The van der Waals surface area contributed by atoms with E-state index in [1.807, 2.05) is 48.7 Å². The molecular formula is C27H18BrN3O2. The van der Waals surface area contributed by atoms with E-state index in [1.165, 1.54) is 0 Å². The molecule has 0 bridgehead atoms. The van der Waals surface area contributed by atoms with Gasteiger partial charge in [0.15, 0.2) is 5.43 Å². The van der Waals surface area contributed by atoms with Gasteiger partial charge in [0.25, 0.3) is 0 Å². The molecule has 6 rings (SSSR count). The van der Waals surface area contributed by atoms with Gasteiger partial charge in [0.05, 0.1) is 16.4 Å². The van der Waals surface area contributed by atoms with Crippen LogP contribution in [0.3, 0.4) is 0 Å². The summed E-state index contributed by atoms with van der Waals surface area (Å²) in [4.78, 5) is 22.0. The quantitative estimate of drug-likeness (QED) is 0.304. The fraction of sp³-hybridized carbons (Fsp3) is 0.0741. The molecule has 0 aliphatic heterocycles. The molecule has 0 radical (unpaired) electrons. The zero-order valence-corrected chi connectivity index (χ0v) is 19.1. The number of aromatic nitrogens is 3. The summed E-state index contributed by atoms with van der Waals surface area (Å²) in [5, 5.41) is 2.73. The molecule has 0 atom stereocenters. The SMILES string of the molecule is O=c1c(Cc2cccnc2)cn2c3cc(Br)ccc3c3cc(OCc4cccnc4)cc1c32. The van der Waals surface area contributed by atoms with Gasteiger partial charge in [-0.2, -0.15) is 0 Å². The third-order valence-electron chi connectivity index (χ3n) is 5.90. The standard InChI is InChI=1S/C27H18BrN3O2/c28-20-5-6-22-23-11-21(33-16-18-4-2-8-30-14-18)12-24-26(23)31(25(22)10-20)15-19(27(24)32)9-17-3-1-7-29-13-17/h1-8,10-15H,9,16H2. The van der Waals surface area contributed by atoms with E-state index in [2.05, 4.69) is 42.4 Å². The number of ether oxygens (including phenoxy) is 1. The Balaban J connectivity index is 1.57. The fourth-order valence-corrected chi connectivity index (χ4v) is 4.75. The molecule has 0 saturated carbocycles. The molecule has 33 heavy (non-hydrogen) atoms. The van der Waals surface area contributed by atoms with Crippen molar-refractivity contribution in [3.05, 3.63) is 117 Å². The van der Waals surface area contributed by atoms with Crippen molar-refractivity contribution in [1.29, 1.82) is 0 Å². The zero-order chi connectivity index (χ0) is 22.4. The van der Waals surface area contributed by atoms with Crippen LogP contribution >= 0.6 is 15.9 Å². The Kier molecular flexibility index (Phi) is 4.80. The van der Waals surface area contributed by atoms with Gasteiger partial charge in [-0.25, -0.2) is 0 Å². The van der Waals surface area contributed by atoms with Gasteiger partial charge in [0.2, 0.25) is 0 Å². The van der Waals surface area contributed by atoms with E-state index in [0.29, 0.717) is 24.2 Å². The second kappa shape index (κ2) is 7.98. The van der Waals surface area contributed by atoms with Crippen molar-refractivity contribution in [1.82, 2.24) is 14.4 Å². The monoisotopic (exact) mass is 495 g/mol. The van der Waals surface area contributed by atoms with Gasteiger partial charge in [0.1, 0.15) is 12.4 Å². The first-order valence-electron chi connectivity index (χ1n) is 10.6. The normalized spacial score (nSPS) is 11.5. The lowest BCUT2D eigenvalue weighted by molar-refractivity contribution is 0.306. The Morgan fingerprint density at radius 1 is 0.879 bits per heavy atom. The summed E-state index contributed by atoms with van der Waals surface area (Å²) in [6, 6.07) is 17.8. The molecule has 6 aromatic rings. The molecule has 0 aliphatic rings. The molecule has 0 aliphatic carbocycles. The van der Waals surface area contributed by atoms with Crippen LogP contribution in [-0.2, 0) is 13.0 Å². The smallest absolute Gasteiger partial charge is 0.193 e. The minimum absolute atomic E-state index is 0.0186. The maximum absolute atomic E-state index is 13.6. The maximum atomic E-state index is 13.6. The number of fused-ring (bicyclic) bond motifs is 3. The van der Waals surface area contributed by atoms with Crippen molar-refractivity contribution >= 4 is 43.1 Å². The summed E-state index contributed by atoms with van der Waals surface area (Å²) < 4.78 is 9.23. The van der Waals surface area contributed by atoms with E-state index < -0.39 is 0 Å². The minimum Gasteiger partial charge on any atom is -0.489 e. The van der Waals surface area contributed by atoms with Crippen LogP contribution in [0.4, 0.5) is 0 Å². The molecule has 0 N–H and O–H groups in total. The minimum atomic E-state index is 0.0186. The highest BCUT2D eigenvalue weighted by atomic mass is 79.9. The molecule has 0 saturated heterocycles. The molecule has 6 heteroatoms. The van der Waals surface area contributed by atoms with Crippen molar-refractivity contribution in [2.45, 2.75) is 13.0 Å². The van der Waals surface area contributed by atoms with Crippen LogP contribution in [0.5, 0.6) is 5.75 Å². The highest BCUT2D eigenvalue weighted by Gasteiger charge is 2.18. The van der Waals surface area contributed by atoms with E-state index in [1.54, 1.807) is 24.8 Å². The zero-order valence-electron chi connectivity index (χ0n) is 17.5. The first-order valence-corrected chi connectivity index (χ1v) is 11.4. The summed E-state index contributed by atoms with van der Waals surface area (Å²) in [6.07, 6.45) is 9.55. The first-order chi connectivity index (χ1) is 16.2. The average molecular weight is 496 g/mol. The number of halogens is 1. The Bertz CT molecular complexity index is 1660. The summed E-state index contributed by atoms with van der Waals surface area (Å²) in [5.41, 5.74) is 4.67. The largest absolute Gasteiger partial charge is 0.489 e. The van der Waals surface area contributed by atoms with Gasteiger partial charge in [-0.15, -0.1) is 0 Å². The van der Waals surface area contributed by atoms with Crippen LogP contribution in [0.1, 0.15) is 16.7 Å². The van der Waals surface area contributed by atoms with Crippen molar-refractivity contribution < 1.29 is 4.74 Å². The maximum Gasteiger partial charge on any atom is 0.193 e. The fourth-order valence-electron chi connectivity index (χ4n) is 4.40. The average Bonchev–Trinajstić information content (AvgIpc) is 3.15. The van der Waals surface area contributed by atoms with E-state index >= 15 is 0 Å². The Morgan fingerprint density at radius 3 is 2.39 bits per heavy atom. The number of hydrogen-bond acceptors (Lipinski definition) is 4. The van der Waals surface area contributed by atoms with Gasteiger partial charge < -0.3 is 9.14 Å². The van der Waals surface area contributed by atoms with Crippen molar-refractivity contribution in [2.24, 2.45) is 0 Å². The van der Waals surface area contributed by atoms with Gasteiger partial charge in [-0.3, -0.25) is 14.8 Å². The van der Waals surface area contributed by atoms with Crippen molar-refractivity contribution in [3.63, 3.8) is 0 Å². The van der Waals surface area contributed by atoms with E-state index in [4.69, 9.17) is 4.74 Å². The van der Waals surface area contributed by atoms with Gasteiger partial charge in [0, 0.05) is 63.8 Å². The van der Waals surface area contributed by atoms with Crippen LogP contribution in [-0.4, -0.2) is 14.4 Å². The molecule has 4 heterocycles. The van der Waals surface area contributed by atoms with Gasteiger partial charge in [-0.1, -0.05) is 34.1 Å². The summed E-state index contributed by atoms with van der Waals surface area (Å²) in [5.74, 6) is 0.666. The second-order valence-corrected chi connectivity index (χ2v) is 8.99. The highest BCUT2D eigenvalue weighted by molar-refractivity contribution is 9.10. The summed E-state index contributed by atoms with van der Waals surface area (Å²) in [6.45, 7) is 0.384.